The lowest BCUT2D eigenvalue weighted by atomic mass is 9.99. The maximum absolute atomic E-state index is 13.6. The van der Waals surface area contributed by atoms with Crippen molar-refractivity contribution in [1.82, 2.24) is 14.7 Å². The molecule has 0 N–H and O–H groups in total. The summed E-state index contributed by atoms with van der Waals surface area (Å²) in [6, 6.07) is 18.2. The molecule has 3 aliphatic rings. The van der Waals surface area contributed by atoms with Gasteiger partial charge in [-0.1, -0.05) is 60.1 Å². The van der Waals surface area contributed by atoms with Gasteiger partial charge < -0.3 is 4.90 Å². The molecule has 5 nitrogen and oxygen atoms in total. The number of hydrogen-bond donors (Lipinski definition) is 0. The Balaban J connectivity index is 1.44. The number of rotatable bonds is 4. The van der Waals surface area contributed by atoms with E-state index in [0.717, 1.165) is 61.8 Å². The molecule has 0 saturated carbocycles. The number of amides is 1. The van der Waals surface area contributed by atoms with Gasteiger partial charge in [0.2, 0.25) is 5.96 Å². The highest BCUT2D eigenvalue weighted by molar-refractivity contribution is 6.31. The van der Waals surface area contributed by atoms with Gasteiger partial charge >= 0.3 is 0 Å². The Morgan fingerprint density at radius 1 is 0.967 bits per heavy atom. The minimum atomic E-state index is 0.0691. The van der Waals surface area contributed by atoms with Crippen molar-refractivity contribution in [3.8, 4) is 0 Å². The first-order valence-corrected chi connectivity index (χ1v) is 10.9. The first-order chi connectivity index (χ1) is 14.7. The molecule has 154 valence electrons. The van der Waals surface area contributed by atoms with Crippen LogP contribution in [-0.4, -0.2) is 52.7 Å². The highest BCUT2D eigenvalue weighted by atomic mass is 35.5. The second-order valence-electron chi connectivity index (χ2n) is 8.04. The first-order valence-electron chi connectivity index (χ1n) is 10.6. The van der Waals surface area contributed by atoms with Crippen LogP contribution < -0.4 is 0 Å². The molecule has 0 atom stereocenters. The molecule has 2 aromatic rings. The molecular formula is C24H25ClN4O. The number of guanidine groups is 1. The van der Waals surface area contributed by atoms with Crippen molar-refractivity contribution >= 4 is 23.5 Å². The van der Waals surface area contributed by atoms with Gasteiger partial charge in [-0.25, -0.2) is 0 Å². The highest BCUT2D eigenvalue weighted by Crippen LogP contribution is 2.32. The summed E-state index contributed by atoms with van der Waals surface area (Å²) in [6.45, 7) is 4.62. The summed E-state index contributed by atoms with van der Waals surface area (Å²) in [5.74, 6) is 0.862. The minimum absolute atomic E-state index is 0.0691. The lowest BCUT2D eigenvalue weighted by Crippen LogP contribution is -2.56. The Kier molecular flexibility index (Phi) is 5.32. The fourth-order valence-electron chi connectivity index (χ4n) is 4.55. The third kappa shape index (κ3) is 3.64. The second-order valence-corrected chi connectivity index (χ2v) is 8.45. The Bertz CT molecular complexity index is 1020. The Morgan fingerprint density at radius 2 is 1.77 bits per heavy atom. The maximum Gasteiger partial charge on any atom is 0.259 e. The van der Waals surface area contributed by atoms with E-state index in [9.17, 15) is 4.79 Å². The van der Waals surface area contributed by atoms with Gasteiger partial charge in [-0.3, -0.25) is 19.6 Å². The summed E-state index contributed by atoms with van der Waals surface area (Å²) in [4.78, 5) is 24.8. The quantitative estimate of drug-likeness (QED) is 0.752. The first kappa shape index (κ1) is 19.3. The summed E-state index contributed by atoms with van der Waals surface area (Å²) in [6.07, 6.45) is 1.90. The van der Waals surface area contributed by atoms with Crippen LogP contribution in [-0.2, 0) is 17.9 Å². The number of nitrogens with zero attached hydrogens (tertiary/aromatic N) is 4. The standard InChI is InChI=1S/C24H25ClN4O/c25-21-10-5-4-9-19(21)16-29-23(30)20-17-27(15-18-7-2-1-3-8-18)14-11-22(20)28-13-6-12-26-24(28)29/h1-5,7-10H,6,11-17H2. The number of hydrogen-bond acceptors (Lipinski definition) is 4. The second kappa shape index (κ2) is 8.25. The maximum atomic E-state index is 13.6. The zero-order chi connectivity index (χ0) is 20.5. The molecule has 0 saturated heterocycles. The van der Waals surface area contributed by atoms with E-state index in [2.05, 4.69) is 34.1 Å². The van der Waals surface area contributed by atoms with Crippen molar-refractivity contribution in [1.29, 1.82) is 0 Å². The van der Waals surface area contributed by atoms with Gasteiger partial charge in [0.25, 0.3) is 5.91 Å². The molecule has 5 rings (SSSR count). The van der Waals surface area contributed by atoms with Gasteiger partial charge in [0, 0.05) is 49.9 Å². The fraction of sp³-hybridized carbons (Fsp3) is 0.333. The lowest BCUT2D eigenvalue weighted by Gasteiger charge is -2.45. The monoisotopic (exact) mass is 420 g/mol. The van der Waals surface area contributed by atoms with Crippen LogP contribution in [0.4, 0.5) is 0 Å². The molecule has 3 aliphatic heterocycles. The smallest absolute Gasteiger partial charge is 0.259 e. The molecule has 30 heavy (non-hydrogen) atoms. The molecule has 0 radical (unpaired) electrons. The minimum Gasteiger partial charge on any atom is -0.315 e. The summed E-state index contributed by atoms with van der Waals surface area (Å²) in [5, 5.41) is 0.683. The summed E-state index contributed by atoms with van der Waals surface area (Å²) >= 11 is 6.41. The van der Waals surface area contributed by atoms with Crippen molar-refractivity contribution < 1.29 is 4.79 Å². The molecule has 0 spiro atoms. The number of carbonyl (C=O) groups is 1. The zero-order valence-electron chi connectivity index (χ0n) is 16.9. The molecule has 3 heterocycles. The summed E-state index contributed by atoms with van der Waals surface area (Å²) in [5.41, 5.74) is 4.29. The fourth-order valence-corrected chi connectivity index (χ4v) is 4.74. The molecule has 0 bridgehead atoms. The average molecular weight is 421 g/mol. The van der Waals surface area contributed by atoms with E-state index in [-0.39, 0.29) is 5.91 Å². The topological polar surface area (TPSA) is 39.2 Å². The van der Waals surface area contributed by atoms with E-state index in [1.165, 1.54) is 5.56 Å². The number of fused-ring (bicyclic) bond motifs is 2. The molecule has 0 unspecified atom stereocenters. The van der Waals surface area contributed by atoms with Crippen LogP contribution >= 0.6 is 11.6 Å². The largest absolute Gasteiger partial charge is 0.315 e. The predicted octanol–water partition coefficient (Wildman–Crippen LogP) is 3.90. The van der Waals surface area contributed by atoms with Crippen molar-refractivity contribution in [3.05, 3.63) is 82.0 Å². The third-order valence-corrected chi connectivity index (χ3v) is 6.40. The average Bonchev–Trinajstić information content (AvgIpc) is 2.78. The number of aliphatic imine (C=N–C) groups is 1. The van der Waals surface area contributed by atoms with Gasteiger partial charge in [-0.2, -0.15) is 0 Å². The van der Waals surface area contributed by atoms with Crippen molar-refractivity contribution in [3.63, 3.8) is 0 Å². The number of benzene rings is 2. The van der Waals surface area contributed by atoms with Crippen molar-refractivity contribution in [2.75, 3.05) is 26.2 Å². The SMILES string of the molecule is O=C1C2=C(CCN(Cc3ccccc3)C2)N2CCCN=C2N1Cc1ccccc1Cl. The summed E-state index contributed by atoms with van der Waals surface area (Å²) in [7, 11) is 0. The Hall–Kier alpha value is -2.63. The van der Waals surface area contributed by atoms with Crippen LogP contribution in [0.15, 0.2) is 70.9 Å². The van der Waals surface area contributed by atoms with Gasteiger partial charge in [0.05, 0.1) is 12.1 Å². The molecule has 2 aromatic carbocycles. The molecule has 0 aromatic heterocycles. The van der Waals surface area contributed by atoms with Gasteiger partial charge in [-0.15, -0.1) is 0 Å². The van der Waals surface area contributed by atoms with Gasteiger partial charge in [0.15, 0.2) is 0 Å². The van der Waals surface area contributed by atoms with Crippen LogP contribution in [0.5, 0.6) is 0 Å². The Morgan fingerprint density at radius 3 is 2.60 bits per heavy atom. The Labute approximate surface area is 182 Å². The van der Waals surface area contributed by atoms with Gasteiger partial charge in [-0.05, 0) is 23.6 Å². The molecular weight excluding hydrogens is 396 g/mol. The van der Waals surface area contributed by atoms with Crippen LogP contribution in [0.2, 0.25) is 5.02 Å². The number of carbonyl (C=O) groups excluding carboxylic acids is 1. The van der Waals surface area contributed by atoms with Crippen LogP contribution in [0, 0.1) is 0 Å². The van der Waals surface area contributed by atoms with E-state index in [1.807, 2.05) is 35.2 Å². The predicted molar refractivity (Wildman–Crippen MR) is 119 cm³/mol. The van der Waals surface area contributed by atoms with E-state index >= 15 is 0 Å². The molecule has 6 heteroatoms. The van der Waals surface area contributed by atoms with Gasteiger partial charge in [0.1, 0.15) is 0 Å². The van der Waals surface area contributed by atoms with Crippen LogP contribution in [0.3, 0.4) is 0 Å². The van der Waals surface area contributed by atoms with Crippen molar-refractivity contribution in [2.24, 2.45) is 4.99 Å². The van der Waals surface area contributed by atoms with E-state index in [1.54, 1.807) is 0 Å². The normalized spacial score (nSPS) is 19.5. The van der Waals surface area contributed by atoms with Crippen molar-refractivity contribution in [2.45, 2.75) is 25.9 Å². The van der Waals surface area contributed by atoms with Crippen LogP contribution in [0.1, 0.15) is 24.0 Å². The third-order valence-electron chi connectivity index (χ3n) is 6.04. The highest BCUT2D eigenvalue weighted by Gasteiger charge is 2.40. The molecule has 0 aliphatic carbocycles. The lowest BCUT2D eigenvalue weighted by molar-refractivity contribution is -0.125. The zero-order valence-corrected chi connectivity index (χ0v) is 17.7. The summed E-state index contributed by atoms with van der Waals surface area (Å²) < 4.78 is 0. The molecule has 1 amide bonds. The van der Waals surface area contributed by atoms with E-state index < -0.39 is 0 Å². The van der Waals surface area contributed by atoms with E-state index in [4.69, 9.17) is 16.6 Å². The number of halogens is 1. The molecule has 0 fully saturated rings. The van der Waals surface area contributed by atoms with E-state index in [0.29, 0.717) is 18.1 Å². The van der Waals surface area contributed by atoms with Crippen LogP contribution in [0.25, 0.3) is 0 Å².